The number of hydrogen-bond acceptors (Lipinski definition) is 4. The second-order valence-corrected chi connectivity index (χ2v) is 5.98. The number of sulfone groups is 1. The number of hydrogen-bond donors (Lipinski definition) is 2. The highest BCUT2D eigenvalue weighted by Crippen LogP contribution is 2.09. The standard InChI is InChI=1S/C11H13NO5S/c12-11(15)9-3-1-8(2-4-9)7-18(16,17)6-5-10(13)14/h1-4H,5-7H2,(H2,12,15)(H,13,14). The Bertz CT molecular complexity index is 547. The fraction of sp³-hybridized carbons (Fsp3) is 0.273. The molecule has 0 bridgehead atoms. The van der Waals surface area contributed by atoms with Gasteiger partial charge < -0.3 is 10.8 Å². The lowest BCUT2D eigenvalue weighted by molar-refractivity contribution is -0.136. The van der Waals surface area contributed by atoms with Crippen molar-refractivity contribution < 1.29 is 23.1 Å². The maximum absolute atomic E-state index is 11.6. The summed E-state index contributed by atoms with van der Waals surface area (Å²) >= 11 is 0. The normalized spacial score (nSPS) is 11.1. The highest BCUT2D eigenvalue weighted by Gasteiger charge is 2.14. The Morgan fingerprint density at radius 2 is 1.72 bits per heavy atom. The zero-order chi connectivity index (χ0) is 13.8. The number of primary amides is 1. The Hall–Kier alpha value is -1.89. The maximum Gasteiger partial charge on any atom is 0.304 e. The minimum atomic E-state index is -3.46. The highest BCUT2D eigenvalue weighted by atomic mass is 32.2. The predicted octanol–water partition coefficient (Wildman–Crippen LogP) is 0.175. The molecule has 1 aromatic carbocycles. The zero-order valence-electron chi connectivity index (χ0n) is 9.50. The topological polar surface area (TPSA) is 115 Å². The third-order valence-corrected chi connectivity index (χ3v) is 3.85. The molecule has 0 unspecified atom stereocenters. The van der Waals surface area contributed by atoms with Crippen molar-refractivity contribution >= 4 is 21.7 Å². The molecule has 0 heterocycles. The molecular weight excluding hydrogens is 258 g/mol. The Morgan fingerprint density at radius 1 is 1.17 bits per heavy atom. The molecule has 0 aliphatic carbocycles. The van der Waals surface area contributed by atoms with Crippen molar-refractivity contribution in [3.8, 4) is 0 Å². The molecule has 0 aromatic heterocycles. The summed E-state index contributed by atoms with van der Waals surface area (Å²) in [7, 11) is -3.46. The first-order chi connectivity index (χ1) is 8.30. The van der Waals surface area contributed by atoms with E-state index in [1.54, 1.807) is 0 Å². The van der Waals surface area contributed by atoms with Gasteiger partial charge in [-0.25, -0.2) is 8.42 Å². The van der Waals surface area contributed by atoms with Crippen molar-refractivity contribution in [2.75, 3.05) is 5.75 Å². The van der Waals surface area contributed by atoms with Gasteiger partial charge in [-0.3, -0.25) is 9.59 Å². The summed E-state index contributed by atoms with van der Waals surface area (Å²) in [5, 5.41) is 8.42. The molecule has 0 saturated heterocycles. The van der Waals surface area contributed by atoms with E-state index in [9.17, 15) is 18.0 Å². The fourth-order valence-corrected chi connectivity index (χ4v) is 2.66. The summed E-state index contributed by atoms with van der Waals surface area (Å²) in [6, 6.07) is 5.84. The van der Waals surface area contributed by atoms with Gasteiger partial charge in [0.15, 0.2) is 9.84 Å². The van der Waals surface area contributed by atoms with Gasteiger partial charge >= 0.3 is 5.97 Å². The minimum absolute atomic E-state index is 0.251. The molecule has 0 atom stereocenters. The summed E-state index contributed by atoms with van der Waals surface area (Å²) in [4.78, 5) is 21.1. The molecule has 0 saturated carbocycles. The highest BCUT2D eigenvalue weighted by molar-refractivity contribution is 7.90. The van der Waals surface area contributed by atoms with Crippen LogP contribution in [0, 0.1) is 0 Å². The number of carbonyl (C=O) groups excluding carboxylic acids is 1. The van der Waals surface area contributed by atoms with Crippen LogP contribution in [-0.4, -0.2) is 31.2 Å². The van der Waals surface area contributed by atoms with Crippen molar-refractivity contribution in [3.63, 3.8) is 0 Å². The number of amides is 1. The molecule has 0 radical (unpaired) electrons. The predicted molar refractivity (Wildman–Crippen MR) is 64.7 cm³/mol. The van der Waals surface area contributed by atoms with Crippen molar-refractivity contribution in [1.29, 1.82) is 0 Å². The van der Waals surface area contributed by atoms with Gasteiger partial charge in [0.1, 0.15) is 0 Å². The van der Waals surface area contributed by atoms with E-state index >= 15 is 0 Å². The van der Waals surface area contributed by atoms with Crippen LogP contribution in [0.1, 0.15) is 22.3 Å². The van der Waals surface area contributed by atoms with Gasteiger partial charge in [-0.1, -0.05) is 12.1 Å². The number of rotatable bonds is 6. The van der Waals surface area contributed by atoms with Crippen LogP contribution < -0.4 is 5.73 Å². The van der Waals surface area contributed by atoms with Crippen molar-refractivity contribution in [2.45, 2.75) is 12.2 Å². The van der Waals surface area contributed by atoms with Crippen molar-refractivity contribution in [1.82, 2.24) is 0 Å². The third kappa shape index (κ3) is 4.54. The van der Waals surface area contributed by atoms with Crippen LogP contribution in [0.3, 0.4) is 0 Å². The number of carboxylic acid groups (broad SMARTS) is 1. The molecule has 0 spiro atoms. The summed E-state index contributed by atoms with van der Waals surface area (Å²) in [6.07, 6.45) is -0.415. The van der Waals surface area contributed by atoms with Crippen LogP contribution in [0.2, 0.25) is 0 Å². The summed E-state index contributed by atoms with van der Waals surface area (Å²) < 4.78 is 23.1. The van der Waals surface area contributed by atoms with Crippen LogP contribution in [0.5, 0.6) is 0 Å². The van der Waals surface area contributed by atoms with E-state index in [4.69, 9.17) is 10.8 Å². The van der Waals surface area contributed by atoms with Gasteiger partial charge in [-0.05, 0) is 17.7 Å². The molecule has 1 amide bonds. The Labute approximate surface area is 104 Å². The molecule has 0 fully saturated rings. The second-order valence-electron chi connectivity index (χ2n) is 3.80. The van der Waals surface area contributed by atoms with Gasteiger partial charge in [0, 0.05) is 5.56 Å². The fourth-order valence-electron chi connectivity index (χ4n) is 1.33. The van der Waals surface area contributed by atoms with Crippen molar-refractivity contribution in [3.05, 3.63) is 35.4 Å². The summed E-state index contributed by atoms with van der Waals surface area (Å²) in [5.41, 5.74) is 5.83. The Morgan fingerprint density at radius 3 is 2.17 bits per heavy atom. The van der Waals surface area contributed by atoms with E-state index in [-0.39, 0.29) is 5.75 Å². The molecule has 7 heteroatoms. The monoisotopic (exact) mass is 271 g/mol. The number of carbonyl (C=O) groups is 2. The van der Waals surface area contributed by atoms with Crippen LogP contribution >= 0.6 is 0 Å². The van der Waals surface area contributed by atoms with E-state index in [1.807, 2.05) is 0 Å². The minimum Gasteiger partial charge on any atom is -0.481 e. The van der Waals surface area contributed by atoms with E-state index in [0.717, 1.165) is 0 Å². The largest absolute Gasteiger partial charge is 0.481 e. The van der Waals surface area contributed by atoms with E-state index in [1.165, 1.54) is 24.3 Å². The first-order valence-electron chi connectivity index (χ1n) is 5.11. The van der Waals surface area contributed by atoms with Crippen LogP contribution in [0.15, 0.2) is 24.3 Å². The number of benzene rings is 1. The molecule has 1 aromatic rings. The summed E-state index contributed by atoms with van der Waals surface area (Å²) in [5.74, 6) is -2.39. The van der Waals surface area contributed by atoms with Gasteiger partial charge in [-0.2, -0.15) is 0 Å². The third-order valence-electron chi connectivity index (χ3n) is 2.25. The van der Waals surface area contributed by atoms with Gasteiger partial charge in [-0.15, -0.1) is 0 Å². The van der Waals surface area contributed by atoms with E-state index < -0.39 is 33.9 Å². The molecule has 1 rings (SSSR count). The van der Waals surface area contributed by atoms with Gasteiger partial charge in [0.2, 0.25) is 5.91 Å². The van der Waals surface area contributed by atoms with Crippen LogP contribution in [-0.2, 0) is 20.4 Å². The number of carboxylic acids is 1. The average molecular weight is 271 g/mol. The lowest BCUT2D eigenvalue weighted by Crippen LogP contribution is -2.13. The molecule has 18 heavy (non-hydrogen) atoms. The average Bonchev–Trinajstić information content (AvgIpc) is 2.27. The molecule has 0 aliphatic heterocycles. The molecule has 6 nitrogen and oxygen atoms in total. The Kier molecular flexibility index (Phi) is 4.43. The molecule has 98 valence electrons. The SMILES string of the molecule is NC(=O)c1ccc(CS(=O)(=O)CCC(=O)O)cc1. The quantitative estimate of drug-likeness (QED) is 0.765. The van der Waals surface area contributed by atoms with Gasteiger partial charge in [0.05, 0.1) is 17.9 Å². The van der Waals surface area contributed by atoms with E-state index in [2.05, 4.69) is 0 Å². The summed E-state index contributed by atoms with van der Waals surface area (Å²) in [6.45, 7) is 0. The zero-order valence-corrected chi connectivity index (χ0v) is 10.3. The second kappa shape index (κ2) is 5.63. The maximum atomic E-state index is 11.6. The smallest absolute Gasteiger partial charge is 0.304 e. The van der Waals surface area contributed by atoms with Crippen molar-refractivity contribution in [2.24, 2.45) is 5.73 Å². The number of aliphatic carboxylic acids is 1. The van der Waals surface area contributed by atoms with E-state index in [0.29, 0.717) is 11.1 Å². The molecular formula is C11H13NO5S. The van der Waals surface area contributed by atoms with Crippen LogP contribution in [0.4, 0.5) is 0 Å². The molecule has 3 N–H and O–H groups in total. The molecule has 0 aliphatic rings. The van der Waals surface area contributed by atoms with Crippen LogP contribution in [0.25, 0.3) is 0 Å². The first kappa shape index (κ1) is 14.2. The number of nitrogens with two attached hydrogens (primary N) is 1. The lowest BCUT2D eigenvalue weighted by atomic mass is 10.1. The lowest BCUT2D eigenvalue weighted by Gasteiger charge is -2.03. The Balaban J connectivity index is 2.72. The van der Waals surface area contributed by atoms with Gasteiger partial charge in [0.25, 0.3) is 0 Å². The first-order valence-corrected chi connectivity index (χ1v) is 6.93.